The van der Waals surface area contributed by atoms with Gasteiger partial charge in [-0.05, 0) is 24.1 Å². The van der Waals surface area contributed by atoms with Crippen molar-refractivity contribution in [1.82, 2.24) is 0 Å². The molecule has 2 aromatic carbocycles. The summed E-state index contributed by atoms with van der Waals surface area (Å²) >= 11 is 0. The zero-order valence-electron chi connectivity index (χ0n) is 9.71. The Morgan fingerprint density at radius 3 is 2.12 bits per heavy atom. The lowest BCUT2D eigenvalue weighted by atomic mass is 10.2. The summed E-state index contributed by atoms with van der Waals surface area (Å²) in [6.07, 6.45) is 0.916. The predicted molar refractivity (Wildman–Crippen MR) is 68.0 cm³/mol. The molecule has 0 aliphatic carbocycles. The van der Waals surface area contributed by atoms with Crippen molar-refractivity contribution < 1.29 is 9.47 Å². The maximum Gasteiger partial charge on any atom is 0.189 e. The molecule has 0 unspecified atom stereocenters. The number of para-hydroxylation sites is 1. The second-order valence-corrected chi connectivity index (χ2v) is 3.72. The third kappa shape index (κ3) is 4.29. The fourth-order valence-electron chi connectivity index (χ4n) is 1.52. The fraction of sp³-hybridized carbons (Fsp3) is 0.200. The van der Waals surface area contributed by atoms with Gasteiger partial charge in [0.2, 0.25) is 0 Å². The zero-order valence-corrected chi connectivity index (χ0v) is 9.71. The highest BCUT2D eigenvalue weighted by Gasteiger charge is 1.93. The van der Waals surface area contributed by atoms with Crippen molar-refractivity contribution in [3.8, 4) is 5.75 Å². The van der Waals surface area contributed by atoms with Crippen molar-refractivity contribution in [2.45, 2.75) is 6.42 Å². The van der Waals surface area contributed by atoms with Gasteiger partial charge in [-0.3, -0.25) is 0 Å². The van der Waals surface area contributed by atoms with E-state index in [1.54, 1.807) is 0 Å². The van der Waals surface area contributed by atoms with E-state index in [0.717, 1.165) is 12.2 Å². The van der Waals surface area contributed by atoms with Gasteiger partial charge in [-0.2, -0.15) is 0 Å². The third-order valence-corrected chi connectivity index (χ3v) is 2.43. The summed E-state index contributed by atoms with van der Waals surface area (Å²) in [6, 6.07) is 20.0. The molecule has 0 N–H and O–H groups in total. The molecule has 0 bridgehead atoms. The molecule has 0 aliphatic rings. The monoisotopic (exact) mass is 228 g/mol. The quantitative estimate of drug-likeness (QED) is 0.558. The summed E-state index contributed by atoms with van der Waals surface area (Å²) in [4.78, 5) is 0. The number of benzene rings is 2. The van der Waals surface area contributed by atoms with Crippen LogP contribution in [0, 0.1) is 0 Å². The third-order valence-electron chi connectivity index (χ3n) is 2.43. The Morgan fingerprint density at radius 1 is 0.765 bits per heavy atom. The van der Waals surface area contributed by atoms with Gasteiger partial charge in [0.1, 0.15) is 5.75 Å². The van der Waals surface area contributed by atoms with Crippen LogP contribution in [0.5, 0.6) is 5.75 Å². The highest BCUT2D eigenvalue weighted by molar-refractivity contribution is 5.20. The zero-order chi connectivity index (χ0) is 11.8. The normalized spacial score (nSPS) is 10.1. The molecule has 88 valence electrons. The minimum atomic E-state index is 0.302. The molecular weight excluding hydrogens is 212 g/mol. The van der Waals surface area contributed by atoms with Crippen molar-refractivity contribution in [2.75, 3.05) is 13.4 Å². The Bertz CT molecular complexity index is 370. The van der Waals surface area contributed by atoms with E-state index in [-0.39, 0.29) is 0 Å². The van der Waals surface area contributed by atoms with E-state index in [9.17, 15) is 0 Å². The van der Waals surface area contributed by atoms with E-state index in [4.69, 9.17) is 9.47 Å². The first-order chi connectivity index (χ1) is 8.45. The molecule has 2 rings (SSSR count). The molecule has 2 heteroatoms. The van der Waals surface area contributed by atoms with Crippen LogP contribution in [-0.2, 0) is 11.2 Å². The van der Waals surface area contributed by atoms with Crippen molar-refractivity contribution in [3.05, 3.63) is 66.2 Å². The van der Waals surface area contributed by atoms with Crippen molar-refractivity contribution >= 4 is 0 Å². The summed E-state index contributed by atoms with van der Waals surface area (Å²) < 4.78 is 10.8. The summed E-state index contributed by atoms with van der Waals surface area (Å²) in [5.41, 5.74) is 1.28. The number of hydrogen-bond donors (Lipinski definition) is 0. The lowest BCUT2D eigenvalue weighted by molar-refractivity contribution is 0.0169. The molecule has 0 aliphatic heterocycles. The van der Waals surface area contributed by atoms with E-state index >= 15 is 0 Å². The average Bonchev–Trinajstić information content (AvgIpc) is 2.41. The SMILES string of the molecule is c1ccc(CCOCOc2ccccc2)cc1. The lowest BCUT2D eigenvalue weighted by Crippen LogP contribution is -2.05. The van der Waals surface area contributed by atoms with Crippen LogP contribution in [0.3, 0.4) is 0 Å². The van der Waals surface area contributed by atoms with Gasteiger partial charge in [-0.1, -0.05) is 48.5 Å². The van der Waals surface area contributed by atoms with Crippen molar-refractivity contribution in [2.24, 2.45) is 0 Å². The Balaban J connectivity index is 1.61. The fourth-order valence-corrected chi connectivity index (χ4v) is 1.52. The smallest absolute Gasteiger partial charge is 0.189 e. The first kappa shape index (κ1) is 11.7. The van der Waals surface area contributed by atoms with E-state index in [1.807, 2.05) is 48.5 Å². The van der Waals surface area contributed by atoms with Gasteiger partial charge in [0.25, 0.3) is 0 Å². The maximum absolute atomic E-state index is 5.42. The number of hydrogen-bond acceptors (Lipinski definition) is 2. The Labute approximate surface area is 102 Å². The largest absolute Gasteiger partial charge is 0.468 e. The van der Waals surface area contributed by atoms with Crippen molar-refractivity contribution in [1.29, 1.82) is 0 Å². The van der Waals surface area contributed by atoms with Crippen LogP contribution in [0.2, 0.25) is 0 Å². The van der Waals surface area contributed by atoms with Crippen LogP contribution < -0.4 is 4.74 Å². The standard InChI is InChI=1S/C15H16O2/c1-3-7-14(8-4-1)11-12-16-13-17-15-9-5-2-6-10-15/h1-10H,11-13H2. The molecule has 0 radical (unpaired) electrons. The summed E-state index contributed by atoms with van der Waals surface area (Å²) in [5, 5.41) is 0. The van der Waals surface area contributed by atoms with Gasteiger partial charge in [0, 0.05) is 0 Å². The molecule has 2 nitrogen and oxygen atoms in total. The molecule has 17 heavy (non-hydrogen) atoms. The molecule has 0 spiro atoms. The van der Waals surface area contributed by atoms with Gasteiger partial charge < -0.3 is 9.47 Å². The Kier molecular flexibility index (Phi) is 4.61. The van der Waals surface area contributed by atoms with E-state index in [1.165, 1.54) is 5.56 Å². The van der Waals surface area contributed by atoms with Crippen LogP contribution in [0.15, 0.2) is 60.7 Å². The molecule has 0 aromatic heterocycles. The van der Waals surface area contributed by atoms with Crippen LogP contribution >= 0.6 is 0 Å². The summed E-state index contributed by atoms with van der Waals surface area (Å²) in [7, 11) is 0. The molecular formula is C15H16O2. The lowest BCUT2D eigenvalue weighted by Gasteiger charge is -2.06. The van der Waals surface area contributed by atoms with Gasteiger partial charge in [-0.15, -0.1) is 0 Å². The number of rotatable bonds is 6. The first-order valence-corrected chi connectivity index (χ1v) is 5.75. The minimum Gasteiger partial charge on any atom is -0.468 e. The number of ether oxygens (including phenoxy) is 2. The van der Waals surface area contributed by atoms with E-state index in [2.05, 4.69) is 12.1 Å². The molecule has 0 atom stereocenters. The first-order valence-electron chi connectivity index (χ1n) is 5.75. The van der Waals surface area contributed by atoms with Gasteiger partial charge >= 0.3 is 0 Å². The molecule has 0 fully saturated rings. The minimum absolute atomic E-state index is 0.302. The van der Waals surface area contributed by atoms with E-state index in [0.29, 0.717) is 13.4 Å². The molecule has 0 saturated heterocycles. The van der Waals surface area contributed by atoms with Gasteiger partial charge in [-0.25, -0.2) is 0 Å². The van der Waals surface area contributed by atoms with Gasteiger partial charge in [0.15, 0.2) is 6.79 Å². The molecule has 0 saturated carbocycles. The highest BCUT2D eigenvalue weighted by Crippen LogP contribution is 2.08. The van der Waals surface area contributed by atoms with Crippen LogP contribution in [0.25, 0.3) is 0 Å². The molecule has 0 heterocycles. The summed E-state index contributed by atoms with van der Waals surface area (Å²) in [5.74, 6) is 0.840. The predicted octanol–water partition coefficient (Wildman–Crippen LogP) is 3.28. The van der Waals surface area contributed by atoms with Crippen molar-refractivity contribution in [3.63, 3.8) is 0 Å². The molecule has 2 aromatic rings. The topological polar surface area (TPSA) is 18.5 Å². The maximum atomic E-state index is 5.42. The Hall–Kier alpha value is -1.80. The second-order valence-electron chi connectivity index (χ2n) is 3.72. The van der Waals surface area contributed by atoms with Crippen LogP contribution in [-0.4, -0.2) is 13.4 Å². The average molecular weight is 228 g/mol. The van der Waals surface area contributed by atoms with E-state index < -0.39 is 0 Å². The highest BCUT2D eigenvalue weighted by atomic mass is 16.7. The van der Waals surface area contributed by atoms with Crippen LogP contribution in [0.4, 0.5) is 0 Å². The molecule has 0 amide bonds. The van der Waals surface area contributed by atoms with Crippen LogP contribution in [0.1, 0.15) is 5.56 Å². The summed E-state index contributed by atoms with van der Waals surface area (Å²) in [6.45, 7) is 0.980. The second kappa shape index (κ2) is 6.71. The van der Waals surface area contributed by atoms with Gasteiger partial charge in [0.05, 0.1) is 6.61 Å². The Morgan fingerprint density at radius 2 is 1.41 bits per heavy atom.